The second-order valence-electron chi connectivity index (χ2n) is 6.04. The van der Waals surface area contributed by atoms with E-state index in [4.69, 9.17) is 0 Å². The van der Waals surface area contributed by atoms with Crippen molar-refractivity contribution >= 4 is 15.7 Å². The Labute approximate surface area is 156 Å². The molecule has 0 saturated carbocycles. The first kappa shape index (κ1) is 18.7. The van der Waals surface area contributed by atoms with Crippen molar-refractivity contribution in [2.45, 2.75) is 11.4 Å². The fourth-order valence-corrected chi connectivity index (χ4v) is 3.12. The van der Waals surface area contributed by atoms with E-state index in [0.717, 1.165) is 11.8 Å². The average Bonchev–Trinajstić information content (AvgIpc) is 2.66. The number of aromatic nitrogens is 1. The lowest BCUT2D eigenvalue weighted by Crippen LogP contribution is -2.22. The maximum atomic E-state index is 13.3. The van der Waals surface area contributed by atoms with E-state index >= 15 is 0 Å². The van der Waals surface area contributed by atoms with Gasteiger partial charge in [0.25, 0.3) is 5.91 Å². The first-order valence-corrected chi connectivity index (χ1v) is 10.0. The van der Waals surface area contributed by atoms with Crippen LogP contribution in [0.4, 0.5) is 4.39 Å². The average molecular weight is 384 g/mol. The van der Waals surface area contributed by atoms with Crippen LogP contribution in [0.15, 0.2) is 71.8 Å². The lowest BCUT2D eigenvalue weighted by atomic mass is 10.1. The minimum Gasteiger partial charge on any atom is -0.348 e. The van der Waals surface area contributed by atoms with Gasteiger partial charge in [0.15, 0.2) is 9.84 Å². The highest BCUT2D eigenvalue weighted by atomic mass is 32.2. The SMILES string of the molecule is CS(=O)(=O)c1ccc(CNC(=O)c2ccc(-c3cccc(F)c3)nc2)cc1. The van der Waals surface area contributed by atoms with Gasteiger partial charge < -0.3 is 5.32 Å². The van der Waals surface area contributed by atoms with Crippen LogP contribution in [0.1, 0.15) is 15.9 Å². The highest BCUT2D eigenvalue weighted by Gasteiger charge is 2.09. The number of carbonyl (C=O) groups excluding carboxylic acids is 1. The van der Waals surface area contributed by atoms with Gasteiger partial charge in [0, 0.05) is 24.6 Å². The number of rotatable bonds is 5. The molecule has 1 heterocycles. The van der Waals surface area contributed by atoms with Crippen LogP contribution in [-0.2, 0) is 16.4 Å². The van der Waals surface area contributed by atoms with Crippen molar-refractivity contribution in [2.24, 2.45) is 0 Å². The van der Waals surface area contributed by atoms with Gasteiger partial charge in [-0.2, -0.15) is 0 Å². The van der Waals surface area contributed by atoms with Crippen LogP contribution in [0.25, 0.3) is 11.3 Å². The third-order valence-electron chi connectivity index (χ3n) is 3.95. The Morgan fingerprint density at radius 2 is 1.81 bits per heavy atom. The van der Waals surface area contributed by atoms with E-state index in [1.165, 1.54) is 30.5 Å². The molecule has 0 bridgehead atoms. The van der Waals surface area contributed by atoms with E-state index in [1.807, 2.05) is 0 Å². The molecule has 0 aliphatic rings. The standard InChI is InChI=1S/C20H17FN2O3S/c1-27(25,26)18-8-5-14(6-9-18)12-23-20(24)16-7-10-19(22-13-16)15-3-2-4-17(21)11-15/h2-11,13H,12H2,1H3,(H,23,24). The molecule has 3 aromatic rings. The fraction of sp³-hybridized carbons (Fsp3) is 0.100. The van der Waals surface area contributed by atoms with Crippen LogP contribution in [-0.4, -0.2) is 25.6 Å². The largest absolute Gasteiger partial charge is 0.348 e. The predicted molar refractivity (Wildman–Crippen MR) is 100 cm³/mol. The number of benzene rings is 2. The van der Waals surface area contributed by atoms with Crippen LogP contribution < -0.4 is 5.32 Å². The summed E-state index contributed by atoms with van der Waals surface area (Å²) < 4.78 is 36.2. The summed E-state index contributed by atoms with van der Waals surface area (Å²) in [6, 6.07) is 15.7. The van der Waals surface area contributed by atoms with Gasteiger partial charge in [-0.1, -0.05) is 24.3 Å². The normalized spacial score (nSPS) is 11.2. The second kappa shape index (κ2) is 7.67. The third-order valence-corrected chi connectivity index (χ3v) is 5.08. The zero-order chi connectivity index (χ0) is 19.4. The number of halogens is 1. The van der Waals surface area contributed by atoms with Crippen molar-refractivity contribution < 1.29 is 17.6 Å². The first-order valence-electron chi connectivity index (χ1n) is 8.12. The molecule has 3 rings (SSSR count). The molecule has 0 saturated heterocycles. The molecule has 0 unspecified atom stereocenters. The van der Waals surface area contributed by atoms with Crippen molar-refractivity contribution in [3.8, 4) is 11.3 Å². The maximum Gasteiger partial charge on any atom is 0.253 e. The Bertz CT molecular complexity index is 1060. The maximum absolute atomic E-state index is 13.3. The number of pyridine rings is 1. The second-order valence-corrected chi connectivity index (χ2v) is 8.06. The van der Waals surface area contributed by atoms with E-state index in [-0.39, 0.29) is 23.2 Å². The van der Waals surface area contributed by atoms with Gasteiger partial charge in [0.2, 0.25) is 0 Å². The predicted octanol–water partition coefficient (Wildman–Crippen LogP) is 3.22. The van der Waals surface area contributed by atoms with Crippen LogP contribution in [0.5, 0.6) is 0 Å². The van der Waals surface area contributed by atoms with Gasteiger partial charge in [-0.15, -0.1) is 0 Å². The summed E-state index contributed by atoms with van der Waals surface area (Å²) >= 11 is 0. The molecule has 0 atom stereocenters. The lowest BCUT2D eigenvalue weighted by Gasteiger charge is -2.07. The molecular formula is C20H17FN2O3S. The third kappa shape index (κ3) is 4.77. The summed E-state index contributed by atoms with van der Waals surface area (Å²) in [5, 5.41) is 2.75. The van der Waals surface area contributed by atoms with E-state index in [1.54, 1.807) is 36.4 Å². The van der Waals surface area contributed by atoms with E-state index in [9.17, 15) is 17.6 Å². The Hall–Kier alpha value is -3.06. The molecule has 2 aromatic carbocycles. The highest BCUT2D eigenvalue weighted by molar-refractivity contribution is 7.90. The molecule has 0 spiro atoms. The van der Waals surface area contributed by atoms with Crippen molar-refractivity contribution in [1.82, 2.24) is 10.3 Å². The summed E-state index contributed by atoms with van der Waals surface area (Å²) in [6.45, 7) is 0.258. The molecule has 5 nitrogen and oxygen atoms in total. The Morgan fingerprint density at radius 1 is 1.07 bits per heavy atom. The summed E-state index contributed by atoms with van der Waals surface area (Å²) in [4.78, 5) is 16.7. The van der Waals surface area contributed by atoms with Gasteiger partial charge in [0.1, 0.15) is 5.82 Å². The topological polar surface area (TPSA) is 76.1 Å². The van der Waals surface area contributed by atoms with Gasteiger partial charge in [-0.25, -0.2) is 12.8 Å². The Kier molecular flexibility index (Phi) is 5.32. The van der Waals surface area contributed by atoms with Gasteiger partial charge in [-0.05, 0) is 42.0 Å². The number of hydrogen-bond acceptors (Lipinski definition) is 4. The number of nitrogens with one attached hydrogen (secondary N) is 1. The van der Waals surface area contributed by atoms with Crippen molar-refractivity contribution in [1.29, 1.82) is 0 Å². The van der Waals surface area contributed by atoms with E-state index in [0.29, 0.717) is 16.8 Å². The van der Waals surface area contributed by atoms with Crippen molar-refractivity contribution in [3.05, 3.63) is 83.8 Å². The molecule has 0 aliphatic carbocycles. The summed E-state index contributed by atoms with van der Waals surface area (Å²) in [6.07, 6.45) is 2.58. The molecule has 7 heteroatoms. The molecule has 27 heavy (non-hydrogen) atoms. The van der Waals surface area contributed by atoms with Crippen molar-refractivity contribution in [3.63, 3.8) is 0 Å². The minimum absolute atomic E-state index is 0.231. The van der Waals surface area contributed by atoms with Gasteiger partial charge in [0.05, 0.1) is 16.2 Å². The minimum atomic E-state index is -3.24. The lowest BCUT2D eigenvalue weighted by molar-refractivity contribution is 0.0950. The van der Waals surface area contributed by atoms with Gasteiger partial charge >= 0.3 is 0 Å². The highest BCUT2D eigenvalue weighted by Crippen LogP contribution is 2.18. The molecule has 138 valence electrons. The summed E-state index contributed by atoms with van der Waals surface area (Å²) in [5.41, 5.74) is 2.36. The number of sulfone groups is 1. The Morgan fingerprint density at radius 3 is 2.41 bits per heavy atom. The molecule has 0 aliphatic heterocycles. The number of nitrogens with zero attached hydrogens (tertiary/aromatic N) is 1. The van der Waals surface area contributed by atoms with Crippen LogP contribution >= 0.6 is 0 Å². The number of carbonyl (C=O) groups is 1. The molecule has 1 N–H and O–H groups in total. The zero-order valence-electron chi connectivity index (χ0n) is 14.5. The first-order chi connectivity index (χ1) is 12.8. The van der Waals surface area contributed by atoms with Crippen LogP contribution in [0, 0.1) is 5.82 Å². The van der Waals surface area contributed by atoms with Crippen molar-refractivity contribution in [2.75, 3.05) is 6.26 Å². The van der Waals surface area contributed by atoms with E-state index < -0.39 is 9.84 Å². The molecule has 1 aromatic heterocycles. The molecule has 1 amide bonds. The molecular weight excluding hydrogens is 367 g/mol. The van der Waals surface area contributed by atoms with Gasteiger partial charge in [-0.3, -0.25) is 9.78 Å². The molecule has 0 radical (unpaired) electrons. The smallest absolute Gasteiger partial charge is 0.253 e. The zero-order valence-corrected chi connectivity index (χ0v) is 15.3. The summed E-state index contributed by atoms with van der Waals surface area (Å²) in [7, 11) is -3.24. The monoisotopic (exact) mass is 384 g/mol. The Balaban J connectivity index is 1.64. The number of amides is 1. The molecule has 0 fully saturated rings. The summed E-state index contributed by atoms with van der Waals surface area (Å²) in [5.74, 6) is -0.654. The number of hydrogen-bond donors (Lipinski definition) is 1. The quantitative estimate of drug-likeness (QED) is 0.733. The van der Waals surface area contributed by atoms with E-state index in [2.05, 4.69) is 10.3 Å². The van der Waals surface area contributed by atoms with Crippen LogP contribution in [0.3, 0.4) is 0 Å². The van der Waals surface area contributed by atoms with Crippen LogP contribution in [0.2, 0.25) is 0 Å². The fourth-order valence-electron chi connectivity index (χ4n) is 2.49.